The average molecular weight is 269 g/mol. The molecule has 1 aliphatic carbocycles. The van der Waals surface area contributed by atoms with Crippen LogP contribution in [0.1, 0.15) is 29.6 Å². The molecular formula is C13H17ClN2O2. The van der Waals surface area contributed by atoms with Gasteiger partial charge < -0.3 is 10.1 Å². The molecule has 5 heteroatoms. The lowest BCUT2D eigenvalue weighted by Crippen LogP contribution is -2.30. The maximum atomic E-state index is 12.0. The Hall–Kier alpha value is -1.29. The molecule has 0 atom stereocenters. The molecule has 0 unspecified atom stereocenters. The normalized spacial score (nSPS) is 16.1. The first-order valence-corrected chi connectivity index (χ1v) is 6.57. The third-order valence-electron chi connectivity index (χ3n) is 3.42. The number of aromatic nitrogens is 1. The Labute approximate surface area is 112 Å². The van der Waals surface area contributed by atoms with Crippen molar-refractivity contribution in [1.29, 1.82) is 0 Å². The van der Waals surface area contributed by atoms with Gasteiger partial charge in [-0.2, -0.15) is 0 Å². The molecule has 0 saturated heterocycles. The van der Waals surface area contributed by atoms with Crippen LogP contribution in [-0.4, -0.2) is 30.4 Å². The lowest BCUT2D eigenvalue weighted by atomic mass is 10.0. The van der Waals surface area contributed by atoms with Gasteiger partial charge in [0.2, 0.25) is 5.88 Å². The molecule has 0 bridgehead atoms. The van der Waals surface area contributed by atoms with Crippen LogP contribution in [0.25, 0.3) is 0 Å². The van der Waals surface area contributed by atoms with Gasteiger partial charge in [0, 0.05) is 18.6 Å². The molecule has 0 aromatic carbocycles. The van der Waals surface area contributed by atoms with E-state index in [0.29, 0.717) is 23.9 Å². The van der Waals surface area contributed by atoms with Gasteiger partial charge in [0.15, 0.2) is 0 Å². The van der Waals surface area contributed by atoms with Crippen LogP contribution in [0.4, 0.5) is 0 Å². The molecular weight excluding hydrogens is 252 g/mol. The van der Waals surface area contributed by atoms with Crippen molar-refractivity contribution in [2.24, 2.45) is 5.41 Å². The van der Waals surface area contributed by atoms with E-state index >= 15 is 0 Å². The SMILES string of the molecule is COc1ncccc1C(=O)NCC1(CCCl)CC1. The summed E-state index contributed by atoms with van der Waals surface area (Å²) < 4.78 is 5.07. The molecule has 1 heterocycles. The van der Waals surface area contributed by atoms with Crippen molar-refractivity contribution < 1.29 is 9.53 Å². The van der Waals surface area contributed by atoms with E-state index in [-0.39, 0.29) is 11.3 Å². The van der Waals surface area contributed by atoms with Crippen molar-refractivity contribution in [3.8, 4) is 5.88 Å². The van der Waals surface area contributed by atoms with Crippen molar-refractivity contribution in [2.45, 2.75) is 19.3 Å². The number of rotatable bonds is 6. The molecule has 1 aliphatic rings. The number of hydrogen-bond acceptors (Lipinski definition) is 3. The highest BCUT2D eigenvalue weighted by Gasteiger charge is 2.41. The molecule has 2 rings (SSSR count). The average Bonchev–Trinajstić information content (AvgIpc) is 3.16. The van der Waals surface area contributed by atoms with Crippen LogP contribution in [0, 0.1) is 5.41 Å². The topological polar surface area (TPSA) is 51.2 Å². The van der Waals surface area contributed by atoms with Gasteiger partial charge in [-0.3, -0.25) is 4.79 Å². The molecule has 1 aromatic rings. The molecule has 98 valence electrons. The largest absolute Gasteiger partial charge is 0.480 e. The maximum Gasteiger partial charge on any atom is 0.256 e. The van der Waals surface area contributed by atoms with E-state index in [2.05, 4.69) is 10.3 Å². The summed E-state index contributed by atoms with van der Waals surface area (Å²) in [6.07, 6.45) is 4.85. The molecule has 1 fully saturated rings. The zero-order chi connectivity index (χ0) is 13.0. The first-order chi connectivity index (χ1) is 8.71. The Morgan fingerprint density at radius 1 is 1.61 bits per heavy atom. The van der Waals surface area contributed by atoms with Gasteiger partial charge in [-0.25, -0.2) is 4.98 Å². The number of hydrogen-bond donors (Lipinski definition) is 1. The predicted molar refractivity (Wildman–Crippen MR) is 70.1 cm³/mol. The van der Waals surface area contributed by atoms with E-state index in [1.54, 1.807) is 18.3 Å². The third kappa shape index (κ3) is 2.93. The number of alkyl halides is 1. The lowest BCUT2D eigenvalue weighted by molar-refractivity contribution is 0.0940. The van der Waals surface area contributed by atoms with Gasteiger partial charge in [0.05, 0.1) is 7.11 Å². The number of nitrogens with zero attached hydrogens (tertiary/aromatic N) is 1. The minimum Gasteiger partial charge on any atom is -0.480 e. The van der Waals surface area contributed by atoms with Gasteiger partial charge in [0.1, 0.15) is 5.56 Å². The molecule has 4 nitrogen and oxygen atoms in total. The van der Waals surface area contributed by atoms with Gasteiger partial charge in [-0.1, -0.05) is 0 Å². The standard InChI is InChI=1S/C13H17ClN2O2/c1-18-12-10(3-2-8-15-12)11(17)16-9-13(4-5-13)6-7-14/h2-3,8H,4-7,9H2,1H3,(H,16,17). The second kappa shape index (κ2) is 5.57. The predicted octanol–water partition coefficient (Wildman–Crippen LogP) is 2.23. The van der Waals surface area contributed by atoms with E-state index < -0.39 is 0 Å². The van der Waals surface area contributed by atoms with Crippen molar-refractivity contribution in [1.82, 2.24) is 10.3 Å². The number of carbonyl (C=O) groups is 1. The number of ether oxygens (including phenoxy) is 1. The molecule has 1 amide bonds. The number of amides is 1. The number of nitrogens with one attached hydrogen (secondary N) is 1. The summed E-state index contributed by atoms with van der Waals surface area (Å²) in [5, 5.41) is 2.94. The highest BCUT2D eigenvalue weighted by atomic mass is 35.5. The quantitative estimate of drug-likeness (QED) is 0.805. The molecule has 18 heavy (non-hydrogen) atoms. The first kappa shape index (κ1) is 13.1. The Kier molecular flexibility index (Phi) is 4.07. The zero-order valence-electron chi connectivity index (χ0n) is 10.4. The van der Waals surface area contributed by atoms with Crippen LogP contribution >= 0.6 is 11.6 Å². The fraction of sp³-hybridized carbons (Fsp3) is 0.538. The van der Waals surface area contributed by atoms with Gasteiger partial charge in [0.25, 0.3) is 5.91 Å². The molecule has 0 radical (unpaired) electrons. The Balaban J connectivity index is 1.96. The maximum absolute atomic E-state index is 12.0. The Morgan fingerprint density at radius 3 is 3.00 bits per heavy atom. The van der Waals surface area contributed by atoms with Crippen molar-refractivity contribution in [3.63, 3.8) is 0 Å². The second-order valence-electron chi connectivity index (χ2n) is 4.68. The van der Waals surface area contributed by atoms with E-state index in [0.717, 1.165) is 19.3 Å². The monoisotopic (exact) mass is 268 g/mol. The highest BCUT2D eigenvalue weighted by Crippen LogP contribution is 2.48. The minimum atomic E-state index is -0.138. The highest BCUT2D eigenvalue weighted by molar-refractivity contribution is 6.17. The third-order valence-corrected chi connectivity index (χ3v) is 3.60. The summed E-state index contributed by atoms with van der Waals surface area (Å²) in [6.45, 7) is 0.677. The summed E-state index contributed by atoms with van der Waals surface area (Å²) >= 11 is 5.76. The van der Waals surface area contributed by atoms with Crippen LogP contribution in [0.2, 0.25) is 0 Å². The molecule has 1 aromatic heterocycles. The number of pyridine rings is 1. The van der Waals surface area contributed by atoms with E-state index in [4.69, 9.17) is 16.3 Å². The first-order valence-electron chi connectivity index (χ1n) is 6.04. The summed E-state index contributed by atoms with van der Waals surface area (Å²) in [5.74, 6) is 0.865. The summed E-state index contributed by atoms with van der Waals surface area (Å²) in [5.41, 5.74) is 0.703. The summed E-state index contributed by atoms with van der Waals surface area (Å²) in [7, 11) is 1.51. The lowest BCUT2D eigenvalue weighted by Gasteiger charge is -2.15. The van der Waals surface area contributed by atoms with Crippen molar-refractivity contribution in [3.05, 3.63) is 23.9 Å². The van der Waals surface area contributed by atoms with E-state index in [9.17, 15) is 4.79 Å². The second-order valence-corrected chi connectivity index (χ2v) is 5.06. The molecule has 0 aliphatic heterocycles. The van der Waals surface area contributed by atoms with Crippen LogP contribution in [0.15, 0.2) is 18.3 Å². The smallest absolute Gasteiger partial charge is 0.256 e. The van der Waals surface area contributed by atoms with Crippen LogP contribution in [0.3, 0.4) is 0 Å². The van der Waals surface area contributed by atoms with Crippen molar-refractivity contribution >= 4 is 17.5 Å². The fourth-order valence-corrected chi connectivity index (χ4v) is 2.38. The van der Waals surface area contributed by atoms with E-state index in [1.165, 1.54) is 7.11 Å². The van der Waals surface area contributed by atoms with E-state index in [1.807, 2.05) is 0 Å². The van der Waals surface area contributed by atoms with Gasteiger partial charge in [-0.15, -0.1) is 11.6 Å². The molecule has 1 saturated carbocycles. The summed E-state index contributed by atoms with van der Waals surface area (Å²) in [6, 6.07) is 3.44. The van der Waals surface area contributed by atoms with Crippen LogP contribution in [-0.2, 0) is 0 Å². The number of methoxy groups -OCH3 is 1. The van der Waals surface area contributed by atoms with Gasteiger partial charge >= 0.3 is 0 Å². The fourth-order valence-electron chi connectivity index (χ4n) is 1.98. The van der Waals surface area contributed by atoms with Crippen LogP contribution < -0.4 is 10.1 Å². The minimum absolute atomic E-state index is 0.138. The van der Waals surface area contributed by atoms with Crippen molar-refractivity contribution in [2.75, 3.05) is 19.5 Å². The number of carbonyl (C=O) groups excluding carboxylic acids is 1. The zero-order valence-corrected chi connectivity index (χ0v) is 11.2. The molecule has 0 spiro atoms. The Morgan fingerprint density at radius 2 is 2.39 bits per heavy atom. The molecule has 1 N–H and O–H groups in total. The summed E-state index contributed by atoms with van der Waals surface area (Å²) in [4.78, 5) is 16.0. The number of halogens is 1. The van der Waals surface area contributed by atoms with Gasteiger partial charge in [-0.05, 0) is 36.8 Å². The van der Waals surface area contributed by atoms with Crippen LogP contribution in [0.5, 0.6) is 5.88 Å². The Bertz CT molecular complexity index is 433.